The molecule has 1 saturated carbocycles. The molecule has 2 aliphatic rings. The van der Waals surface area contributed by atoms with E-state index < -0.39 is 0 Å². The number of benzene rings is 1. The number of anilines is 1. The third-order valence-corrected chi connectivity index (χ3v) is 5.65. The Labute approximate surface area is 128 Å². The van der Waals surface area contributed by atoms with E-state index in [1.807, 2.05) is 6.07 Å². The predicted octanol–water partition coefficient (Wildman–Crippen LogP) is 4.29. The molecule has 3 rings (SSSR count). The van der Waals surface area contributed by atoms with Gasteiger partial charge >= 0.3 is 0 Å². The van der Waals surface area contributed by atoms with E-state index in [0.29, 0.717) is 16.0 Å². The van der Waals surface area contributed by atoms with E-state index in [2.05, 4.69) is 16.4 Å². The summed E-state index contributed by atoms with van der Waals surface area (Å²) in [6, 6.07) is 7.36. The van der Waals surface area contributed by atoms with E-state index in [4.69, 9.17) is 16.9 Å². The molecule has 0 atom stereocenters. The lowest BCUT2D eigenvalue weighted by Gasteiger charge is -2.31. The molecule has 1 spiro atoms. The summed E-state index contributed by atoms with van der Waals surface area (Å²) in [7, 11) is 0. The first-order chi connectivity index (χ1) is 9.71. The van der Waals surface area contributed by atoms with Crippen LogP contribution in [0.3, 0.4) is 0 Å². The molecule has 0 aromatic heterocycles. The van der Waals surface area contributed by atoms with Crippen molar-refractivity contribution < 1.29 is 0 Å². The van der Waals surface area contributed by atoms with E-state index in [9.17, 15) is 0 Å². The number of hydrogen-bond donors (Lipinski definition) is 1. The van der Waals surface area contributed by atoms with Gasteiger partial charge in [-0.2, -0.15) is 5.26 Å². The highest BCUT2D eigenvalue weighted by molar-refractivity contribution is 8.14. The van der Waals surface area contributed by atoms with Crippen molar-refractivity contribution in [3.8, 4) is 6.07 Å². The van der Waals surface area contributed by atoms with Crippen molar-refractivity contribution in [1.29, 1.82) is 5.26 Å². The Hall–Kier alpha value is -1.18. The fourth-order valence-corrected chi connectivity index (χ4v) is 4.25. The zero-order valence-corrected chi connectivity index (χ0v) is 12.7. The summed E-state index contributed by atoms with van der Waals surface area (Å²) < 4.78 is 0. The molecule has 0 radical (unpaired) electrons. The van der Waals surface area contributed by atoms with Crippen LogP contribution in [0.5, 0.6) is 0 Å². The SMILES string of the molecule is N#Cc1ccc(NC2=NCC3(CCCC3)CS2)c(Cl)c1. The highest BCUT2D eigenvalue weighted by Gasteiger charge is 2.36. The Morgan fingerprint density at radius 1 is 1.35 bits per heavy atom. The second-order valence-electron chi connectivity index (χ2n) is 5.55. The maximum absolute atomic E-state index is 8.84. The summed E-state index contributed by atoms with van der Waals surface area (Å²) in [5.41, 5.74) is 1.84. The highest BCUT2D eigenvalue weighted by Crippen LogP contribution is 2.43. The predicted molar refractivity (Wildman–Crippen MR) is 85.5 cm³/mol. The van der Waals surface area contributed by atoms with Gasteiger partial charge in [0.1, 0.15) is 0 Å². The highest BCUT2D eigenvalue weighted by atomic mass is 35.5. The first kappa shape index (κ1) is 13.8. The summed E-state index contributed by atoms with van der Waals surface area (Å²) in [6.07, 6.45) is 5.32. The molecular formula is C15H16ClN3S. The third kappa shape index (κ3) is 2.79. The van der Waals surface area contributed by atoms with Gasteiger partial charge in [-0.3, -0.25) is 4.99 Å². The molecule has 3 nitrogen and oxygen atoms in total. The molecule has 5 heteroatoms. The van der Waals surface area contributed by atoms with E-state index >= 15 is 0 Å². The van der Waals surface area contributed by atoms with Crippen molar-refractivity contribution in [2.75, 3.05) is 17.6 Å². The Morgan fingerprint density at radius 3 is 2.75 bits per heavy atom. The maximum atomic E-state index is 8.84. The second kappa shape index (κ2) is 5.67. The van der Waals surface area contributed by atoms with Crippen LogP contribution in [0.25, 0.3) is 0 Å². The zero-order chi connectivity index (χ0) is 14.0. The topological polar surface area (TPSA) is 48.2 Å². The monoisotopic (exact) mass is 305 g/mol. The number of halogens is 1. The number of thioether (sulfide) groups is 1. The molecule has 1 aromatic rings. The first-order valence-corrected chi connectivity index (χ1v) is 8.21. The van der Waals surface area contributed by atoms with Gasteiger partial charge in [-0.25, -0.2) is 0 Å². The lowest BCUT2D eigenvalue weighted by Crippen LogP contribution is -2.30. The Kier molecular flexibility index (Phi) is 3.91. The fraction of sp³-hybridized carbons (Fsp3) is 0.467. The van der Waals surface area contributed by atoms with Crippen molar-refractivity contribution in [2.45, 2.75) is 25.7 Å². The maximum Gasteiger partial charge on any atom is 0.161 e. The van der Waals surface area contributed by atoms with E-state index in [1.54, 1.807) is 23.9 Å². The van der Waals surface area contributed by atoms with Crippen molar-refractivity contribution >= 4 is 34.2 Å². The van der Waals surface area contributed by atoms with Crippen molar-refractivity contribution in [3.05, 3.63) is 28.8 Å². The van der Waals surface area contributed by atoms with Gasteiger partial charge in [-0.1, -0.05) is 36.2 Å². The molecule has 1 heterocycles. The molecule has 1 aromatic carbocycles. The van der Waals surface area contributed by atoms with Crippen molar-refractivity contribution in [1.82, 2.24) is 0 Å². The summed E-state index contributed by atoms with van der Waals surface area (Å²) >= 11 is 7.96. The van der Waals surface area contributed by atoms with Crippen molar-refractivity contribution in [2.24, 2.45) is 10.4 Å². The summed E-state index contributed by atoms with van der Waals surface area (Å²) in [4.78, 5) is 4.69. The largest absolute Gasteiger partial charge is 0.334 e. The summed E-state index contributed by atoms with van der Waals surface area (Å²) in [5.74, 6) is 1.15. The quantitative estimate of drug-likeness (QED) is 0.842. The Bertz CT molecular complexity index is 585. The fourth-order valence-electron chi connectivity index (χ4n) is 2.86. The molecule has 1 aliphatic carbocycles. The smallest absolute Gasteiger partial charge is 0.161 e. The van der Waals surface area contributed by atoms with Crippen LogP contribution in [0.2, 0.25) is 5.02 Å². The van der Waals surface area contributed by atoms with E-state index in [0.717, 1.165) is 23.2 Å². The number of hydrogen-bond acceptors (Lipinski definition) is 4. The summed E-state index contributed by atoms with van der Waals surface area (Å²) in [6.45, 7) is 0.927. The van der Waals surface area contributed by atoms with Crippen molar-refractivity contribution in [3.63, 3.8) is 0 Å². The van der Waals surface area contributed by atoms with Crippen LogP contribution >= 0.6 is 23.4 Å². The minimum Gasteiger partial charge on any atom is -0.334 e. The lowest BCUT2D eigenvalue weighted by atomic mass is 9.89. The first-order valence-electron chi connectivity index (χ1n) is 6.85. The summed E-state index contributed by atoms with van der Waals surface area (Å²) in [5, 5.41) is 13.6. The minimum atomic E-state index is 0.449. The molecule has 20 heavy (non-hydrogen) atoms. The van der Waals surface area contributed by atoms with Gasteiger partial charge in [-0.15, -0.1) is 0 Å². The van der Waals surface area contributed by atoms with Gasteiger partial charge in [0.25, 0.3) is 0 Å². The average molecular weight is 306 g/mol. The molecule has 0 saturated heterocycles. The van der Waals surface area contributed by atoms with Crippen LogP contribution in [0.1, 0.15) is 31.2 Å². The van der Waals surface area contributed by atoms with E-state index in [-0.39, 0.29) is 0 Å². The number of nitrogens with zero attached hydrogens (tertiary/aromatic N) is 2. The van der Waals surface area contributed by atoms with Gasteiger partial charge in [0, 0.05) is 12.3 Å². The number of aliphatic imine (C=N–C) groups is 1. The molecule has 1 fully saturated rings. The standard InChI is InChI=1S/C15H16ClN3S/c16-12-7-11(8-17)3-4-13(12)19-14-18-9-15(10-20-14)5-1-2-6-15/h3-4,7H,1-2,5-6,9-10H2,(H,18,19). The van der Waals surface area contributed by atoms with Gasteiger partial charge < -0.3 is 5.32 Å². The second-order valence-corrected chi connectivity index (χ2v) is 6.92. The molecule has 1 aliphatic heterocycles. The zero-order valence-electron chi connectivity index (χ0n) is 11.2. The van der Waals surface area contributed by atoms with Crippen LogP contribution in [-0.4, -0.2) is 17.5 Å². The minimum absolute atomic E-state index is 0.449. The third-order valence-electron chi connectivity index (χ3n) is 4.08. The number of amidine groups is 1. The van der Waals surface area contributed by atoms with Gasteiger partial charge in [0.05, 0.1) is 22.3 Å². The van der Waals surface area contributed by atoms with Gasteiger partial charge in [0.15, 0.2) is 5.17 Å². The number of nitriles is 1. The molecule has 0 amide bonds. The molecule has 0 bridgehead atoms. The number of nitrogens with one attached hydrogen (secondary N) is 1. The molecule has 1 N–H and O–H groups in total. The Balaban J connectivity index is 1.70. The molecule has 104 valence electrons. The van der Waals surface area contributed by atoms with Gasteiger partial charge in [0.2, 0.25) is 0 Å². The average Bonchev–Trinajstić information content (AvgIpc) is 2.92. The molecule has 0 unspecified atom stereocenters. The van der Waals surface area contributed by atoms with Crippen LogP contribution in [-0.2, 0) is 0 Å². The van der Waals surface area contributed by atoms with Crippen LogP contribution in [0.4, 0.5) is 5.69 Å². The Morgan fingerprint density at radius 2 is 2.15 bits per heavy atom. The lowest BCUT2D eigenvalue weighted by molar-refractivity contribution is 0.359. The van der Waals surface area contributed by atoms with Crippen LogP contribution in [0, 0.1) is 16.7 Å². The van der Waals surface area contributed by atoms with Crippen LogP contribution < -0.4 is 5.32 Å². The molecular weight excluding hydrogens is 290 g/mol. The normalized spacial score (nSPS) is 20.5. The van der Waals surface area contributed by atoms with Crippen LogP contribution in [0.15, 0.2) is 23.2 Å². The van der Waals surface area contributed by atoms with Gasteiger partial charge in [-0.05, 0) is 36.5 Å². The number of rotatable bonds is 1. The van der Waals surface area contributed by atoms with E-state index in [1.165, 1.54) is 25.7 Å².